The summed E-state index contributed by atoms with van der Waals surface area (Å²) in [4.78, 5) is 14.3. The molecule has 1 fully saturated rings. The summed E-state index contributed by atoms with van der Waals surface area (Å²) in [6, 6.07) is 4.06. The summed E-state index contributed by atoms with van der Waals surface area (Å²) in [6.07, 6.45) is 2.64. The third kappa shape index (κ3) is 3.53. The van der Waals surface area contributed by atoms with E-state index in [2.05, 4.69) is 0 Å². The van der Waals surface area contributed by atoms with Gasteiger partial charge < -0.3 is 20.1 Å². The van der Waals surface area contributed by atoms with Crippen LogP contribution < -0.4 is 15.2 Å². The second-order valence-electron chi connectivity index (χ2n) is 6.10. The molecule has 2 N–H and O–H groups in total. The van der Waals surface area contributed by atoms with E-state index < -0.39 is 0 Å². The van der Waals surface area contributed by atoms with Crippen molar-refractivity contribution < 1.29 is 14.3 Å². The fourth-order valence-corrected chi connectivity index (χ4v) is 3.08. The molecule has 0 saturated heterocycles. The first-order valence-electron chi connectivity index (χ1n) is 7.68. The van der Waals surface area contributed by atoms with Gasteiger partial charge in [0.05, 0.1) is 14.2 Å². The smallest absolute Gasteiger partial charge is 0.225 e. The van der Waals surface area contributed by atoms with Gasteiger partial charge >= 0.3 is 0 Å². The van der Waals surface area contributed by atoms with E-state index in [-0.39, 0.29) is 17.9 Å². The number of ether oxygens (including phenoxy) is 2. The molecule has 1 saturated carbocycles. The van der Waals surface area contributed by atoms with E-state index in [0.717, 1.165) is 30.4 Å². The molecule has 2 rings (SSSR count). The molecule has 0 radical (unpaired) electrons. The Bertz CT molecular complexity index is 545. The van der Waals surface area contributed by atoms with Gasteiger partial charge in [-0.15, -0.1) is 0 Å². The second kappa shape index (κ2) is 7.01. The molecule has 5 nitrogen and oxygen atoms in total. The van der Waals surface area contributed by atoms with Gasteiger partial charge in [-0.2, -0.15) is 0 Å². The van der Waals surface area contributed by atoms with Gasteiger partial charge in [0.2, 0.25) is 5.91 Å². The lowest BCUT2D eigenvalue weighted by Crippen LogP contribution is -2.32. The van der Waals surface area contributed by atoms with Crippen LogP contribution in [-0.2, 0) is 11.3 Å². The molecule has 0 bridgehead atoms. The van der Waals surface area contributed by atoms with Crippen LogP contribution >= 0.6 is 0 Å². The monoisotopic (exact) mass is 306 g/mol. The standard InChI is InChI=1S/C17H26N2O3/c1-11-7-15(21-3)16(22-4)9-13(11)10-19(2)17(20)12-5-6-14(18)8-12/h7,9,12,14H,5-6,8,10,18H2,1-4H3/t12-,14+/m1/s1. The normalized spacial score (nSPS) is 20.8. The van der Waals surface area contributed by atoms with Gasteiger partial charge in [-0.05, 0) is 49.4 Å². The van der Waals surface area contributed by atoms with Crippen molar-refractivity contribution in [3.05, 3.63) is 23.3 Å². The number of hydrogen-bond donors (Lipinski definition) is 1. The lowest BCUT2D eigenvalue weighted by Gasteiger charge is -2.23. The van der Waals surface area contributed by atoms with E-state index in [4.69, 9.17) is 15.2 Å². The summed E-state index contributed by atoms with van der Waals surface area (Å²) in [5, 5.41) is 0. The molecule has 1 aromatic carbocycles. The zero-order valence-corrected chi connectivity index (χ0v) is 13.9. The molecular weight excluding hydrogens is 280 g/mol. The van der Waals surface area contributed by atoms with Crippen molar-refractivity contribution in [3.8, 4) is 11.5 Å². The Morgan fingerprint density at radius 3 is 2.45 bits per heavy atom. The quantitative estimate of drug-likeness (QED) is 0.905. The molecule has 0 aromatic heterocycles. The molecule has 22 heavy (non-hydrogen) atoms. The Morgan fingerprint density at radius 1 is 1.27 bits per heavy atom. The minimum absolute atomic E-state index is 0.0699. The lowest BCUT2D eigenvalue weighted by molar-refractivity contribution is -0.134. The highest BCUT2D eigenvalue weighted by atomic mass is 16.5. The average Bonchev–Trinajstić information content (AvgIpc) is 2.94. The summed E-state index contributed by atoms with van der Waals surface area (Å²) < 4.78 is 10.6. The zero-order valence-electron chi connectivity index (χ0n) is 13.9. The maximum Gasteiger partial charge on any atom is 0.225 e. The van der Waals surface area contributed by atoms with Gasteiger partial charge in [-0.1, -0.05) is 0 Å². The van der Waals surface area contributed by atoms with Crippen molar-refractivity contribution in [3.63, 3.8) is 0 Å². The molecule has 0 aliphatic heterocycles. The predicted molar refractivity (Wildman–Crippen MR) is 86.1 cm³/mol. The van der Waals surface area contributed by atoms with Gasteiger partial charge in [-0.3, -0.25) is 4.79 Å². The van der Waals surface area contributed by atoms with Gasteiger partial charge in [0, 0.05) is 25.6 Å². The van der Waals surface area contributed by atoms with Crippen molar-refractivity contribution in [1.82, 2.24) is 4.90 Å². The topological polar surface area (TPSA) is 64.8 Å². The predicted octanol–water partition coefficient (Wildman–Crippen LogP) is 2.10. The minimum Gasteiger partial charge on any atom is -0.493 e. The van der Waals surface area contributed by atoms with Crippen LogP contribution in [0, 0.1) is 12.8 Å². The Balaban J connectivity index is 2.11. The van der Waals surface area contributed by atoms with Crippen molar-refractivity contribution >= 4 is 5.91 Å². The molecule has 122 valence electrons. The highest BCUT2D eigenvalue weighted by Gasteiger charge is 2.29. The lowest BCUT2D eigenvalue weighted by atomic mass is 10.0. The summed E-state index contributed by atoms with van der Waals surface area (Å²) in [7, 11) is 5.09. The molecule has 0 spiro atoms. The number of benzene rings is 1. The van der Waals surface area contributed by atoms with Gasteiger partial charge in [0.1, 0.15) is 0 Å². The van der Waals surface area contributed by atoms with Crippen molar-refractivity contribution in [2.75, 3.05) is 21.3 Å². The van der Waals surface area contributed by atoms with E-state index in [1.807, 2.05) is 26.1 Å². The maximum absolute atomic E-state index is 12.5. The molecule has 1 aromatic rings. The maximum atomic E-state index is 12.5. The Kier molecular flexibility index (Phi) is 5.29. The molecule has 0 heterocycles. The number of carbonyl (C=O) groups is 1. The van der Waals surface area contributed by atoms with Crippen molar-refractivity contribution in [2.45, 2.75) is 38.8 Å². The number of nitrogens with zero attached hydrogens (tertiary/aromatic N) is 1. The molecule has 1 aliphatic carbocycles. The number of methoxy groups -OCH3 is 2. The van der Waals surface area contributed by atoms with Gasteiger partial charge in [0.25, 0.3) is 0 Å². The van der Waals surface area contributed by atoms with Crippen molar-refractivity contribution in [2.24, 2.45) is 11.7 Å². The van der Waals surface area contributed by atoms with Crippen LogP contribution in [0.5, 0.6) is 11.5 Å². The highest BCUT2D eigenvalue weighted by Crippen LogP contribution is 2.31. The number of amides is 1. The fourth-order valence-electron chi connectivity index (χ4n) is 3.08. The molecule has 0 unspecified atom stereocenters. The van der Waals surface area contributed by atoms with E-state index in [9.17, 15) is 4.79 Å². The SMILES string of the molecule is COc1cc(C)c(CN(C)C(=O)[C@@H]2CC[C@H](N)C2)cc1OC. The number of rotatable bonds is 5. The summed E-state index contributed by atoms with van der Waals surface area (Å²) >= 11 is 0. The van der Waals surface area contributed by atoms with Gasteiger partial charge in [-0.25, -0.2) is 0 Å². The first-order chi connectivity index (χ1) is 10.5. The third-order valence-electron chi connectivity index (χ3n) is 4.45. The van der Waals surface area contributed by atoms with E-state index in [1.165, 1.54) is 0 Å². The molecule has 1 amide bonds. The van der Waals surface area contributed by atoms with Gasteiger partial charge in [0.15, 0.2) is 11.5 Å². The Labute approximate surface area is 132 Å². The second-order valence-corrected chi connectivity index (χ2v) is 6.10. The molecular formula is C17H26N2O3. The van der Waals surface area contributed by atoms with Crippen molar-refractivity contribution in [1.29, 1.82) is 0 Å². The Morgan fingerprint density at radius 2 is 1.91 bits per heavy atom. The number of carbonyl (C=O) groups excluding carboxylic acids is 1. The summed E-state index contributed by atoms with van der Waals surface area (Å²) in [5.74, 6) is 1.65. The average molecular weight is 306 g/mol. The van der Waals surface area contributed by atoms with Crippen LogP contribution in [0.2, 0.25) is 0 Å². The number of aryl methyl sites for hydroxylation is 1. The fraction of sp³-hybridized carbons (Fsp3) is 0.588. The summed E-state index contributed by atoms with van der Waals surface area (Å²) in [6.45, 7) is 2.58. The number of hydrogen-bond acceptors (Lipinski definition) is 4. The van der Waals surface area contributed by atoms with Crippen LogP contribution in [0.1, 0.15) is 30.4 Å². The molecule has 2 atom stereocenters. The van der Waals surface area contributed by atoms with Crippen LogP contribution in [0.3, 0.4) is 0 Å². The minimum atomic E-state index is 0.0699. The van der Waals surface area contributed by atoms with Crippen LogP contribution in [0.25, 0.3) is 0 Å². The first kappa shape index (κ1) is 16.6. The van der Waals surface area contributed by atoms with E-state index in [0.29, 0.717) is 18.0 Å². The largest absolute Gasteiger partial charge is 0.493 e. The molecule has 5 heteroatoms. The van der Waals surface area contributed by atoms with E-state index in [1.54, 1.807) is 19.1 Å². The van der Waals surface area contributed by atoms with E-state index >= 15 is 0 Å². The number of nitrogens with two attached hydrogens (primary N) is 1. The van der Waals surface area contributed by atoms with Crippen LogP contribution in [0.15, 0.2) is 12.1 Å². The molecule has 1 aliphatic rings. The van der Waals surface area contributed by atoms with Crippen LogP contribution in [-0.4, -0.2) is 38.1 Å². The Hall–Kier alpha value is -1.75. The first-order valence-corrected chi connectivity index (χ1v) is 7.68. The zero-order chi connectivity index (χ0) is 16.3. The third-order valence-corrected chi connectivity index (χ3v) is 4.45. The van der Waals surface area contributed by atoms with Crippen LogP contribution in [0.4, 0.5) is 0 Å². The highest BCUT2D eigenvalue weighted by molar-refractivity contribution is 5.79. The summed E-state index contributed by atoms with van der Waals surface area (Å²) in [5.41, 5.74) is 8.06.